The molecule has 2 rings (SSSR count). The van der Waals surface area contributed by atoms with Gasteiger partial charge in [-0.25, -0.2) is 13.2 Å². The van der Waals surface area contributed by atoms with Crippen molar-refractivity contribution in [3.8, 4) is 0 Å². The third-order valence-electron chi connectivity index (χ3n) is 3.20. The van der Waals surface area contributed by atoms with Crippen molar-refractivity contribution in [1.82, 2.24) is 5.32 Å². The summed E-state index contributed by atoms with van der Waals surface area (Å²) in [5.41, 5.74) is 0.658. The van der Waals surface area contributed by atoms with Crippen LogP contribution < -0.4 is 5.32 Å². The zero-order chi connectivity index (χ0) is 14.9. The van der Waals surface area contributed by atoms with Crippen molar-refractivity contribution in [2.75, 3.05) is 7.05 Å². The van der Waals surface area contributed by atoms with Crippen LogP contribution in [-0.4, -0.2) is 7.05 Å². The van der Waals surface area contributed by atoms with E-state index in [0.29, 0.717) is 5.56 Å². The van der Waals surface area contributed by atoms with E-state index in [1.54, 1.807) is 13.1 Å². The molecule has 0 bridgehead atoms. The monoisotopic (exact) mass is 299 g/mol. The van der Waals surface area contributed by atoms with Crippen LogP contribution in [0.5, 0.6) is 0 Å². The smallest absolute Gasteiger partial charge is 0.164 e. The third-order valence-corrected chi connectivity index (χ3v) is 3.60. The van der Waals surface area contributed by atoms with E-state index in [1.807, 2.05) is 0 Å². The molecule has 2 aromatic carbocycles. The Hall–Kier alpha value is -1.52. The molecular formula is C15H13ClF3N. The molecule has 0 aromatic heterocycles. The van der Waals surface area contributed by atoms with E-state index in [4.69, 9.17) is 11.6 Å². The van der Waals surface area contributed by atoms with Crippen LogP contribution in [0.25, 0.3) is 0 Å². The normalized spacial score (nSPS) is 12.5. The van der Waals surface area contributed by atoms with Gasteiger partial charge in [-0.3, -0.25) is 0 Å². The van der Waals surface area contributed by atoms with Gasteiger partial charge in [0.25, 0.3) is 0 Å². The van der Waals surface area contributed by atoms with Crippen LogP contribution in [0.2, 0.25) is 5.02 Å². The first-order valence-electron chi connectivity index (χ1n) is 6.03. The van der Waals surface area contributed by atoms with Crippen LogP contribution in [-0.2, 0) is 0 Å². The van der Waals surface area contributed by atoms with E-state index in [1.165, 1.54) is 31.2 Å². The number of halogens is 4. The van der Waals surface area contributed by atoms with Crippen molar-refractivity contribution in [2.24, 2.45) is 0 Å². The van der Waals surface area contributed by atoms with Crippen molar-refractivity contribution in [1.29, 1.82) is 0 Å². The molecule has 0 spiro atoms. The Bertz CT molecular complexity index is 643. The highest BCUT2D eigenvalue weighted by molar-refractivity contribution is 6.31. The predicted octanol–water partition coefficient (Wildman–Crippen LogP) is 4.37. The summed E-state index contributed by atoms with van der Waals surface area (Å²) in [6.45, 7) is 1.48. The molecule has 0 aliphatic carbocycles. The Morgan fingerprint density at radius 2 is 1.70 bits per heavy atom. The highest BCUT2D eigenvalue weighted by Gasteiger charge is 2.22. The number of hydrogen-bond acceptors (Lipinski definition) is 1. The van der Waals surface area contributed by atoms with Crippen LogP contribution in [0.1, 0.15) is 22.7 Å². The van der Waals surface area contributed by atoms with E-state index < -0.39 is 23.5 Å². The van der Waals surface area contributed by atoms with Crippen molar-refractivity contribution in [3.63, 3.8) is 0 Å². The van der Waals surface area contributed by atoms with Crippen molar-refractivity contribution in [2.45, 2.75) is 13.0 Å². The van der Waals surface area contributed by atoms with Gasteiger partial charge in [0, 0.05) is 5.56 Å². The van der Waals surface area contributed by atoms with Crippen LogP contribution >= 0.6 is 11.6 Å². The summed E-state index contributed by atoms with van der Waals surface area (Å²) < 4.78 is 41.2. The summed E-state index contributed by atoms with van der Waals surface area (Å²) in [4.78, 5) is 0. The Morgan fingerprint density at radius 3 is 2.35 bits per heavy atom. The highest BCUT2D eigenvalue weighted by Crippen LogP contribution is 2.32. The molecule has 0 radical (unpaired) electrons. The fourth-order valence-electron chi connectivity index (χ4n) is 2.11. The molecule has 0 aliphatic heterocycles. The van der Waals surface area contributed by atoms with Gasteiger partial charge in [0.1, 0.15) is 5.82 Å². The van der Waals surface area contributed by atoms with Crippen LogP contribution in [0.3, 0.4) is 0 Å². The number of benzene rings is 2. The summed E-state index contributed by atoms with van der Waals surface area (Å²) in [5.74, 6) is -2.46. The molecule has 0 amide bonds. The second-order valence-electron chi connectivity index (χ2n) is 4.46. The molecule has 5 heteroatoms. The SMILES string of the molecule is CNC(c1ccc(C)c(F)c1F)c1cccc(F)c1Cl. The number of aryl methyl sites for hydroxylation is 1. The fourth-order valence-corrected chi connectivity index (χ4v) is 2.34. The van der Waals surface area contributed by atoms with Crippen molar-refractivity contribution < 1.29 is 13.2 Å². The lowest BCUT2D eigenvalue weighted by Gasteiger charge is -2.20. The molecule has 1 unspecified atom stereocenters. The first kappa shape index (κ1) is 14.9. The molecule has 1 N–H and O–H groups in total. The van der Waals surface area contributed by atoms with E-state index in [2.05, 4.69) is 5.32 Å². The van der Waals surface area contributed by atoms with Gasteiger partial charge in [-0.2, -0.15) is 0 Å². The van der Waals surface area contributed by atoms with E-state index >= 15 is 0 Å². The molecule has 2 aromatic rings. The standard InChI is InChI=1S/C15H13ClF3N/c1-8-6-7-10(14(19)13(8)18)15(20-2)9-4-3-5-11(17)12(9)16/h3-7,15,20H,1-2H3. The molecule has 0 fully saturated rings. The zero-order valence-electron chi connectivity index (χ0n) is 11.0. The summed E-state index contributed by atoms with van der Waals surface area (Å²) >= 11 is 5.91. The zero-order valence-corrected chi connectivity index (χ0v) is 11.7. The summed E-state index contributed by atoms with van der Waals surface area (Å²) in [6, 6.07) is 6.48. The Labute approximate surface area is 120 Å². The number of nitrogens with one attached hydrogen (secondary N) is 1. The molecule has 0 heterocycles. The maximum absolute atomic E-state index is 14.1. The second-order valence-corrected chi connectivity index (χ2v) is 4.84. The average molecular weight is 300 g/mol. The minimum Gasteiger partial charge on any atom is -0.309 e. The van der Waals surface area contributed by atoms with E-state index in [-0.39, 0.29) is 16.1 Å². The van der Waals surface area contributed by atoms with Gasteiger partial charge >= 0.3 is 0 Å². The Morgan fingerprint density at radius 1 is 1.00 bits per heavy atom. The summed E-state index contributed by atoms with van der Waals surface area (Å²) in [6.07, 6.45) is 0. The molecule has 106 valence electrons. The Kier molecular flexibility index (Phi) is 4.35. The van der Waals surface area contributed by atoms with Gasteiger partial charge in [-0.15, -0.1) is 0 Å². The highest BCUT2D eigenvalue weighted by atomic mass is 35.5. The van der Waals surface area contributed by atoms with Gasteiger partial charge in [0.2, 0.25) is 0 Å². The van der Waals surface area contributed by atoms with Gasteiger partial charge < -0.3 is 5.32 Å². The van der Waals surface area contributed by atoms with Crippen molar-refractivity contribution >= 4 is 11.6 Å². The van der Waals surface area contributed by atoms with Crippen LogP contribution in [0, 0.1) is 24.4 Å². The first-order valence-corrected chi connectivity index (χ1v) is 6.40. The van der Waals surface area contributed by atoms with Gasteiger partial charge in [-0.1, -0.05) is 35.9 Å². The molecule has 1 nitrogen and oxygen atoms in total. The lowest BCUT2D eigenvalue weighted by Crippen LogP contribution is -2.20. The van der Waals surface area contributed by atoms with Gasteiger partial charge in [0.05, 0.1) is 11.1 Å². The van der Waals surface area contributed by atoms with E-state index in [9.17, 15) is 13.2 Å². The quantitative estimate of drug-likeness (QED) is 0.887. The van der Waals surface area contributed by atoms with Crippen molar-refractivity contribution in [3.05, 3.63) is 69.5 Å². The minimum absolute atomic E-state index is 0.0862. The first-order chi connectivity index (χ1) is 9.47. The van der Waals surface area contributed by atoms with E-state index in [0.717, 1.165) is 0 Å². The average Bonchev–Trinajstić information content (AvgIpc) is 2.44. The topological polar surface area (TPSA) is 12.0 Å². The maximum Gasteiger partial charge on any atom is 0.164 e. The maximum atomic E-state index is 14.1. The minimum atomic E-state index is -0.954. The van der Waals surface area contributed by atoms with Crippen LogP contribution in [0.15, 0.2) is 30.3 Å². The Balaban J connectivity index is 2.59. The molecule has 1 atom stereocenters. The van der Waals surface area contributed by atoms with Gasteiger partial charge in [0.15, 0.2) is 11.6 Å². The fraction of sp³-hybridized carbons (Fsp3) is 0.200. The second kappa shape index (κ2) is 5.85. The molecule has 0 saturated heterocycles. The molecule has 0 aliphatic rings. The largest absolute Gasteiger partial charge is 0.309 e. The lowest BCUT2D eigenvalue weighted by atomic mass is 9.97. The van der Waals surface area contributed by atoms with Crippen LogP contribution in [0.4, 0.5) is 13.2 Å². The number of rotatable bonds is 3. The molecular weight excluding hydrogens is 287 g/mol. The third kappa shape index (κ3) is 2.53. The lowest BCUT2D eigenvalue weighted by molar-refractivity contribution is 0.482. The summed E-state index contributed by atoms with van der Waals surface area (Å²) in [5, 5.41) is 2.73. The predicted molar refractivity (Wildman–Crippen MR) is 73.4 cm³/mol. The van der Waals surface area contributed by atoms with Gasteiger partial charge in [-0.05, 0) is 31.2 Å². The molecule has 20 heavy (non-hydrogen) atoms. The molecule has 0 saturated carbocycles. The number of hydrogen-bond donors (Lipinski definition) is 1. The summed E-state index contributed by atoms with van der Waals surface area (Å²) in [7, 11) is 1.57.